The molecule has 3 N–H and O–H groups in total. The Balaban J connectivity index is 1.83. The summed E-state index contributed by atoms with van der Waals surface area (Å²) < 4.78 is 55.4. The molecule has 0 fully saturated rings. The van der Waals surface area contributed by atoms with Gasteiger partial charge in [0.05, 0.1) is 11.3 Å². The summed E-state index contributed by atoms with van der Waals surface area (Å²) in [6, 6.07) is 5.07. The van der Waals surface area contributed by atoms with Crippen LogP contribution in [0.15, 0.2) is 24.3 Å². The Bertz CT molecular complexity index is 1120. The molecule has 1 amide bonds. The lowest BCUT2D eigenvalue weighted by molar-refractivity contribution is -0.137. The Morgan fingerprint density at radius 2 is 2.00 bits per heavy atom. The topological polar surface area (TPSA) is 68.0 Å². The number of carbonyl (C=O) groups is 1. The summed E-state index contributed by atoms with van der Waals surface area (Å²) in [6.07, 6.45) is -2.25. The summed E-state index contributed by atoms with van der Waals surface area (Å²) in [5, 5.41) is 2.35. The van der Waals surface area contributed by atoms with Gasteiger partial charge in [-0.15, -0.1) is 11.3 Å². The Morgan fingerprint density at radius 1 is 1.30 bits per heavy atom. The van der Waals surface area contributed by atoms with Crippen molar-refractivity contribution < 1.29 is 22.4 Å². The fourth-order valence-corrected chi connectivity index (χ4v) is 4.97. The van der Waals surface area contributed by atoms with Crippen LogP contribution in [0, 0.1) is 11.7 Å². The zero-order chi connectivity index (χ0) is 21.6. The van der Waals surface area contributed by atoms with Crippen molar-refractivity contribution in [3.8, 4) is 0 Å². The first kappa shape index (κ1) is 20.6. The molecule has 0 radical (unpaired) electrons. The monoisotopic (exact) mass is 437 g/mol. The van der Waals surface area contributed by atoms with Crippen molar-refractivity contribution >= 4 is 38.8 Å². The standard InChI is InChI=1S/C21H19F4N3OS/c1-2-10-3-8-14-13(9-10)16(21(23,24)25)15-17(26)18(30-20(15)28-14)19(29)27-12-6-4-11(22)5-7-12/h4-7,10H,2-3,8-9,26H2,1H3,(H,27,29)/t10-/m0/s1. The number of hydrogen-bond acceptors (Lipinski definition) is 4. The summed E-state index contributed by atoms with van der Waals surface area (Å²) in [5.41, 5.74) is 6.02. The van der Waals surface area contributed by atoms with E-state index >= 15 is 0 Å². The Hall–Kier alpha value is -2.68. The number of fused-ring (bicyclic) bond motifs is 2. The van der Waals surface area contributed by atoms with Gasteiger partial charge in [-0.25, -0.2) is 9.37 Å². The van der Waals surface area contributed by atoms with Crippen molar-refractivity contribution in [3.63, 3.8) is 0 Å². The zero-order valence-corrected chi connectivity index (χ0v) is 16.9. The van der Waals surface area contributed by atoms with E-state index in [9.17, 15) is 22.4 Å². The Kier molecular flexibility index (Phi) is 5.17. The van der Waals surface area contributed by atoms with E-state index < -0.39 is 23.5 Å². The van der Waals surface area contributed by atoms with E-state index in [0.29, 0.717) is 24.2 Å². The predicted molar refractivity (Wildman–Crippen MR) is 109 cm³/mol. The molecule has 30 heavy (non-hydrogen) atoms. The molecule has 0 aliphatic heterocycles. The Labute approximate surface area is 174 Å². The lowest BCUT2D eigenvalue weighted by atomic mass is 9.82. The molecule has 1 aliphatic carbocycles. The molecule has 3 aromatic rings. The van der Waals surface area contributed by atoms with E-state index in [-0.39, 0.29) is 32.3 Å². The molecule has 2 aromatic heterocycles. The average molecular weight is 437 g/mol. The van der Waals surface area contributed by atoms with E-state index in [2.05, 4.69) is 10.3 Å². The van der Waals surface area contributed by atoms with Crippen molar-refractivity contribution in [1.82, 2.24) is 4.98 Å². The van der Waals surface area contributed by atoms with Crippen molar-refractivity contribution in [3.05, 3.63) is 51.8 Å². The van der Waals surface area contributed by atoms with Crippen LogP contribution in [0.25, 0.3) is 10.2 Å². The van der Waals surface area contributed by atoms with Gasteiger partial charge in [-0.1, -0.05) is 13.3 Å². The van der Waals surface area contributed by atoms with Gasteiger partial charge in [-0.2, -0.15) is 13.2 Å². The van der Waals surface area contributed by atoms with Gasteiger partial charge in [-0.3, -0.25) is 4.79 Å². The van der Waals surface area contributed by atoms with Gasteiger partial charge in [0.15, 0.2) is 0 Å². The first-order valence-electron chi connectivity index (χ1n) is 9.56. The maximum atomic E-state index is 14.1. The van der Waals surface area contributed by atoms with Gasteiger partial charge in [0.25, 0.3) is 5.91 Å². The number of nitrogens with one attached hydrogen (secondary N) is 1. The van der Waals surface area contributed by atoms with Gasteiger partial charge < -0.3 is 11.1 Å². The van der Waals surface area contributed by atoms with Crippen LogP contribution in [0.4, 0.5) is 28.9 Å². The molecule has 158 valence electrons. The van der Waals surface area contributed by atoms with Crippen LogP contribution < -0.4 is 11.1 Å². The highest BCUT2D eigenvalue weighted by Gasteiger charge is 2.40. The number of halogens is 4. The SMILES string of the molecule is CC[C@H]1CCc2nc3sc(C(=O)Nc4ccc(F)cc4)c(N)c3c(C(F)(F)F)c2C1. The smallest absolute Gasteiger partial charge is 0.397 e. The number of pyridine rings is 1. The van der Waals surface area contributed by atoms with Gasteiger partial charge in [0, 0.05) is 16.8 Å². The first-order chi connectivity index (χ1) is 14.2. The number of benzene rings is 1. The fourth-order valence-electron chi connectivity index (χ4n) is 3.95. The van der Waals surface area contributed by atoms with Crippen molar-refractivity contribution in [2.24, 2.45) is 5.92 Å². The second-order valence-electron chi connectivity index (χ2n) is 7.41. The van der Waals surface area contributed by atoms with Crippen LogP contribution in [-0.4, -0.2) is 10.9 Å². The summed E-state index contributed by atoms with van der Waals surface area (Å²) in [4.78, 5) is 17.2. The number of nitrogens with two attached hydrogens (primary N) is 1. The molecular formula is C21H19F4N3OS. The fraction of sp³-hybridized carbons (Fsp3) is 0.333. The van der Waals surface area contributed by atoms with Crippen molar-refractivity contribution in [2.45, 2.75) is 38.8 Å². The lowest BCUT2D eigenvalue weighted by Gasteiger charge is -2.26. The number of carbonyl (C=O) groups excluding carboxylic acids is 1. The van der Waals surface area contributed by atoms with Gasteiger partial charge in [0.2, 0.25) is 0 Å². The second-order valence-corrected chi connectivity index (χ2v) is 8.41. The predicted octanol–water partition coefficient (Wildman–Crippen LogP) is 5.80. The molecule has 4 nitrogen and oxygen atoms in total. The first-order valence-corrected chi connectivity index (χ1v) is 10.4. The van der Waals surface area contributed by atoms with Crippen LogP contribution in [0.5, 0.6) is 0 Å². The summed E-state index contributed by atoms with van der Waals surface area (Å²) in [5.74, 6) is -0.956. The number of hydrogen-bond donors (Lipinski definition) is 2. The molecule has 1 aliphatic rings. The molecule has 1 atom stereocenters. The largest absolute Gasteiger partial charge is 0.417 e. The molecule has 0 bridgehead atoms. The zero-order valence-electron chi connectivity index (χ0n) is 16.1. The molecule has 2 heterocycles. The van der Waals surface area contributed by atoms with Crippen LogP contribution in [0.1, 0.15) is 46.3 Å². The quantitative estimate of drug-likeness (QED) is 0.509. The Morgan fingerprint density at radius 3 is 2.63 bits per heavy atom. The molecule has 0 saturated carbocycles. The number of rotatable bonds is 3. The van der Waals surface area contributed by atoms with E-state index in [1.807, 2.05) is 6.92 Å². The van der Waals surface area contributed by atoms with Gasteiger partial charge in [-0.05, 0) is 55.0 Å². The van der Waals surface area contributed by atoms with Crippen molar-refractivity contribution in [1.29, 1.82) is 0 Å². The third-order valence-corrected chi connectivity index (χ3v) is 6.61. The van der Waals surface area contributed by atoms with Gasteiger partial charge in [0.1, 0.15) is 15.5 Å². The summed E-state index contributed by atoms with van der Waals surface area (Å²) in [7, 11) is 0. The summed E-state index contributed by atoms with van der Waals surface area (Å²) >= 11 is 0.842. The molecule has 4 rings (SSSR count). The molecule has 0 saturated heterocycles. The number of nitrogen functional groups attached to an aromatic ring is 1. The maximum absolute atomic E-state index is 14.1. The van der Waals surface area contributed by atoms with Gasteiger partial charge >= 0.3 is 6.18 Å². The number of thiophene rings is 1. The van der Waals surface area contributed by atoms with E-state index in [0.717, 1.165) is 24.2 Å². The maximum Gasteiger partial charge on any atom is 0.417 e. The number of nitrogens with zero attached hydrogens (tertiary/aromatic N) is 1. The third kappa shape index (κ3) is 3.62. The van der Waals surface area contributed by atoms with Crippen LogP contribution in [0.2, 0.25) is 0 Å². The summed E-state index contributed by atoms with van der Waals surface area (Å²) in [6.45, 7) is 1.96. The normalized spacial score (nSPS) is 16.5. The van der Waals surface area contributed by atoms with Crippen molar-refractivity contribution in [2.75, 3.05) is 11.1 Å². The number of aromatic nitrogens is 1. The highest BCUT2D eigenvalue weighted by molar-refractivity contribution is 7.21. The highest BCUT2D eigenvalue weighted by atomic mass is 32.1. The highest BCUT2D eigenvalue weighted by Crippen LogP contribution is 2.46. The van der Waals surface area contributed by atoms with Crippen LogP contribution >= 0.6 is 11.3 Å². The van der Waals surface area contributed by atoms with E-state index in [4.69, 9.17) is 5.73 Å². The number of amides is 1. The molecule has 0 unspecified atom stereocenters. The van der Waals surface area contributed by atoms with E-state index in [1.165, 1.54) is 24.3 Å². The molecule has 0 spiro atoms. The van der Waals surface area contributed by atoms with E-state index in [1.54, 1.807) is 0 Å². The lowest BCUT2D eigenvalue weighted by Crippen LogP contribution is -2.21. The third-order valence-electron chi connectivity index (χ3n) is 5.51. The number of alkyl halides is 3. The minimum absolute atomic E-state index is 0.0401. The molecule has 1 aromatic carbocycles. The minimum atomic E-state index is -4.61. The second kappa shape index (κ2) is 7.54. The average Bonchev–Trinajstić information content (AvgIpc) is 3.02. The number of aryl methyl sites for hydroxylation is 1. The number of anilines is 2. The molecule has 9 heteroatoms. The molecular weight excluding hydrogens is 418 g/mol. The van der Waals surface area contributed by atoms with Crippen LogP contribution in [0.3, 0.4) is 0 Å². The minimum Gasteiger partial charge on any atom is -0.397 e. The van der Waals surface area contributed by atoms with Crippen LogP contribution in [-0.2, 0) is 19.0 Å².